The van der Waals surface area contributed by atoms with Gasteiger partial charge < -0.3 is 0 Å². The Bertz CT molecular complexity index is 1310. The molecule has 0 amide bonds. The average Bonchev–Trinajstić information content (AvgIpc) is 3.10. The van der Waals surface area contributed by atoms with Crippen LogP contribution in [0.2, 0.25) is 5.02 Å². The molecule has 0 spiro atoms. The van der Waals surface area contributed by atoms with Crippen LogP contribution in [0.4, 0.5) is 0 Å². The first-order valence-electron chi connectivity index (χ1n) is 8.69. The van der Waals surface area contributed by atoms with Gasteiger partial charge in [0, 0.05) is 35.6 Å². The molecule has 0 N–H and O–H groups in total. The fourth-order valence-corrected chi connectivity index (χ4v) is 3.55. The van der Waals surface area contributed by atoms with Crippen LogP contribution in [0.3, 0.4) is 0 Å². The lowest BCUT2D eigenvalue weighted by Gasteiger charge is -2.04. The zero-order valence-corrected chi connectivity index (χ0v) is 15.4. The van der Waals surface area contributed by atoms with Crippen LogP contribution in [-0.4, -0.2) is 29.5 Å². The number of fused-ring (bicyclic) bond motifs is 4. The van der Waals surface area contributed by atoms with Crippen LogP contribution in [0.25, 0.3) is 27.6 Å². The molecule has 0 fully saturated rings. The van der Waals surface area contributed by atoms with E-state index in [2.05, 4.69) is 20.1 Å². The molecule has 0 aromatic carbocycles. The summed E-state index contributed by atoms with van der Waals surface area (Å²) in [6, 6.07) is 11.7. The lowest BCUT2D eigenvalue weighted by Crippen LogP contribution is -1.98. The molecule has 5 aromatic rings. The second kappa shape index (κ2) is 6.25. The van der Waals surface area contributed by atoms with Gasteiger partial charge in [0.1, 0.15) is 5.52 Å². The van der Waals surface area contributed by atoms with Crippen LogP contribution in [0.15, 0.2) is 48.8 Å². The van der Waals surface area contributed by atoms with Gasteiger partial charge in [0.05, 0.1) is 16.1 Å². The maximum absolute atomic E-state index is 6.32. The minimum Gasteiger partial charge on any atom is -0.256 e. The molecule has 5 rings (SSSR count). The normalized spacial score (nSPS) is 11.6. The van der Waals surface area contributed by atoms with Crippen LogP contribution in [-0.2, 0) is 12.8 Å². The van der Waals surface area contributed by atoms with Crippen LogP contribution in [0, 0.1) is 6.92 Å². The predicted molar refractivity (Wildman–Crippen MR) is 105 cm³/mol. The fraction of sp³-hybridized carbons (Fsp3) is 0.150. The molecule has 6 nitrogen and oxygen atoms in total. The standard InChI is InChI=1S/C20H15ClN6/c1-12-11-15(21)19-17(23-12)6-4-13(24-19)5-7-18-25-20-14-3-2-9-22-16(14)8-10-27(20)26-18/h2-4,6,8-11H,5,7H2,1H3. The number of aryl methyl sites for hydroxylation is 3. The SMILES string of the molecule is Cc1cc(Cl)c2nc(CCc3nc4c5cccnc5ccn4n3)ccc2n1. The van der Waals surface area contributed by atoms with Crippen molar-refractivity contribution in [3.05, 3.63) is 71.0 Å². The van der Waals surface area contributed by atoms with E-state index in [1.54, 1.807) is 10.7 Å². The molecule has 0 radical (unpaired) electrons. The van der Waals surface area contributed by atoms with E-state index in [9.17, 15) is 0 Å². The van der Waals surface area contributed by atoms with E-state index < -0.39 is 0 Å². The van der Waals surface area contributed by atoms with Crippen molar-refractivity contribution in [2.75, 3.05) is 0 Å². The summed E-state index contributed by atoms with van der Waals surface area (Å²) in [6.45, 7) is 1.92. The number of hydrogen-bond acceptors (Lipinski definition) is 5. The Morgan fingerprint density at radius 2 is 1.93 bits per heavy atom. The summed E-state index contributed by atoms with van der Waals surface area (Å²) in [5, 5.41) is 6.21. The molecule has 7 heteroatoms. The second-order valence-corrected chi connectivity index (χ2v) is 6.87. The minimum absolute atomic E-state index is 0.629. The van der Waals surface area contributed by atoms with Crippen molar-refractivity contribution in [3.63, 3.8) is 0 Å². The van der Waals surface area contributed by atoms with Gasteiger partial charge in [-0.1, -0.05) is 11.6 Å². The third-order valence-corrected chi connectivity index (χ3v) is 4.81. The summed E-state index contributed by atoms with van der Waals surface area (Å²) in [6.07, 6.45) is 5.10. The third-order valence-electron chi connectivity index (χ3n) is 4.52. The Kier molecular flexibility index (Phi) is 3.72. The number of halogens is 1. The number of nitrogens with zero attached hydrogens (tertiary/aromatic N) is 6. The summed E-state index contributed by atoms with van der Waals surface area (Å²) in [7, 11) is 0. The maximum Gasteiger partial charge on any atom is 0.164 e. The Hall–Kier alpha value is -3.12. The molecule has 132 valence electrons. The van der Waals surface area contributed by atoms with Crippen molar-refractivity contribution in [2.45, 2.75) is 19.8 Å². The fourth-order valence-electron chi connectivity index (χ4n) is 3.25. The predicted octanol–water partition coefficient (Wildman–Crippen LogP) is 3.97. The Balaban J connectivity index is 1.46. The quantitative estimate of drug-likeness (QED) is 0.478. The topological polar surface area (TPSA) is 68.9 Å². The van der Waals surface area contributed by atoms with Gasteiger partial charge in [0.15, 0.2) is 11.5 Å². The maximum atomic E-state index is 6.32. The number of rotatable bonds is 3. The highest BCUT2D eigenvalue weighted by Crippen LogP contribution is 2.22. The summed E-state index contributed by atoms with van der Waals surface area (Å²) < 4.78 is 1.80. The molecule has 0 aliphatic rings. The van der Waals surface area contributed by atoms with Crippen LogP contribution in [0.5, 0.6) is 0 Å². The zero-order valence-electron chi connectivity index (χ0n) is 14.6. The molecule has 0 aliphatic carbocycles. The van der Waals surface area contributed by atoms with Gasteiger partial charge in [-0.3, -0.25) is 9.97 Å². The van der Waals surface area contributed by atoms with Crippen LogP contribution < -0.4 is 0 Å². The monoisotopic (exact) mass is 374 g/mol. The van der Waals surface area contributed by atoms with E-state index in [0.29, 0.717) is 11.4 Å². The lowest BCUT2D eigenvalue weighted by molar-refractivity contribution is 0.824. The molecule has 27 heavy (non-hydrogen) atoms. The Morgan fingerprint density at radius 3 is 2.85 bits per heavy atom. The first-order chi connectivity index (χ1) is 13.2. The molecule has 0 saturated carbocycles. The number of pyridine rings is 4. The second-order valence-electron chi connectivity index (χ2n) is 6.46. The summed E-state index contributed by atoms with van der Waals surface area (Å²) in [5.74, 6) is 0.779. The van der Waals surface area contributed by atoms with Gasteiger partial charge in [-0.2, -0.15) is 5.10 Å². The van der Waals surface area contributed by atoms with Crippen LogP contribution in [0.1, 0.15) is 17.2 Å². The van der Waals surface area contributed by atoms with Gasteiger partial charge in [-0.05, 0) is 49.7 Å². The molecule has 0 unspecified atom stereocenters. The largest absolute Gasteiger partial charge is 0.256 e. The van der Waals surface area contributed by atoms with Crippen molar-refractivity contribution in [1.82, 2.24) is 29.5 Å². The van der Waals surface area contributed by atoms with E-state index in [-0.39, 0.29) is 0 Å². The molecule has 5 heterocycles. The summed E-state index contributed by atoms with van der Waals surface area (Å²) in [4.78, 5) is 18.2. The van der Waals surface area contributed by atoms with Crippen molar-refractivity contribution >= 4 is 39.2 Å². The molecular weight excluding hydrogens is 360 g/mol. The number of hydrogen-bond donors (Lipinski definition) is 0. The lowest BCUT2D eigenvalue weighted by atomic mass is 10.2. The van der Waals surface area contributed by atoms with Gasteiger partial charge in [0.25, 0.3) is 0 Å². The molecule has 0 bridgehead atoms. The molecule has 0 atom stereocenters. The first kappa shape index (κ1) is 16.1. The van der Waals surface area contributed by atoms with Gasteiger partial charge in [-0.25, -0.2) is 14.5 Å². The van der Waals surface area contributed by atoms with Crippen molar-refractivity contribution in [1.29, 1.82) is 0 Å². The van der Waals surface area contributed by atoms with Crippen LogP contribution >= 0.6 is 11.6 Å². The molecular formula is C20H15ClN6. The van der Waals surface area contributed by atoms with Crippen molar-refractivity contribution < 1.29 is 0 Å². The molecule has 5 aromatic heterocycles. The highest BCUT2D eigenvalue weighted by Gasteiger charge is 2.10. The highest BCUT2D eigenvalue weighted by molar-refractivity contribution is 6.34. The van der Waals surface area contributed by atoms with E-state index in [1.165, 1.54) is 0 Å². The van der Waals surface area contributed by atoms with Gasteiger partial charge >= 0.3 is 0 Å². The van der Waals surface area contributed by atoms with E-state index in [0.717, 1.165) is 51.2 Å². The molecule has 0 aliphatic heterocycles. The van der Waals surface area contributed by atoms with Gasteiger partial charge in [-0.15, -0.1) is 0 Å². The van der Waals surface area contributed by atoms with E-state index in [1.807, 2.05) is 49.5 Å². The summed E-state index contributed by atoms with van der Waals surface area (Å²) in [5.41, 5.74) is 5.12. The average molecular weight is 375 g/mol. The summed E-state index contributed by atoms with van der Waals surface area (Å²) >= 11 is 6.32. The van der Waals surface area contributed by atoms with Crippen molar-refractivity contribution in [2.24, 2.45) is 0 Å². The van der Waals surface area contributed by atoms with Gasteiger partial charge in [0.2, 0.25) is 0 Å². The van der Waals surface area contributed by atoms with E-state index >= 15 is 0 Å². The first-order valence-corrected chi connectivity index (χ1v) is 9.07. The van der Waals surface area contributed by atoms with Crippen molar-refractivity contribution in [3.8, 4) is 0 Å². The van der Waals surface area contributed by atoms with E-state index in [4.69, 9.17) is 16.6 Å². The smallest absolute Gasteiger partial charge is 0.164 e. The Labute approximate surface area is 159 Å². The number of aromatic nitrogens is 6. The minimum atomic E-state index is 0.629. The highest BCUT2D eigenvalue weighted by atomic mass is 35.5. The molecule has 0 saturated heterocycles. The Morgan fingerprint density at radius 1 is 1.00 bits per heavy atom. The third kappa shape index (κ3) is 2.88. The zero-order chi connectivity index (χ0) is 18.4.